The predicted molar refractivity (Wildman–Crippen MR) is 74.4 cm³/mol. The van der Waals surface area contributed by atoms with E-state index in [0.717, 1.165) is 0 Å². The van der Waals surface area contributed by atoms with Crippen molar-refractivity contribution in [1.82, 2.24) is 0 Å². The van der Waals surface area contributed by atoms with Gasteiger partial charge in [0.2, 0.25) is 0 Å². The molecule has 1 N–H and O–H groups in total. The molecule has 116 valence electrons. The number of ether oxygens (including phenoxy) is 1. The zero-order chi connectivity index (χ0) is 15.1. The summed E-state index contributed by atoms with van der Waals surface area (Å²) in [6.07, 6.45) is -3.50. The molecule has 2 aliphatic carbocycles. The molecule has 7 heteroatoms. The fraction of sp³-hybridized carbons (Fsp3) is 0.923. The summed E-state index contributed by atoms with van der Waals surface area (Å²) in [5.41, 5.74) is -2.53. The Bertz CT molecular complexity index is 388. The molecule has 0 amide bonds. The first-order valence-corrected chi connectivity index (χ1v) is 8.03. The van der Waals surface area contributed by atoms with Crippen molar-refractivity contribution < 1.29 is 27.8 Å². The molecule has 20 heavy (non-hydrogen) atoms. The van der Waals surface area contributed by atoms with Gasteiger partial charge in [0.25, 0.3) is 0 Å². The molecule has 2 rings (SSSR count). The molecule has 0 heterocycles. The van der Waals surface area contributed by atoms with Gasteiger partial charge in [-0.15, -0.1) is 0 Å². The zero-order valence-corrected chi connectivity index (χ0v) is 13.3. The van der Waals surface area contributed by atoms with E-state index >= 15 is 0 Å². The van der Waals surface area contributed by atoms with Crippen molar-refractivity contribution in [2.75, 3.05) is 6.61 Å². The second kappa shape index (κ2) is 5.62. The predicted octanol–water partition coefficient (Wildman–Crippen LogP) is 3.08. The highest BCUT2D eigenvalue weighted by Crippen LogP contribution is 2.58. The largest absolute Gasteiger partial charge is 0.465 e. The Labute approximate surface area is 129 Å². The average molecular weight is 406 g/mol. The molecule has 0 spiro atoms. The first-order chi connectivity index (χ1) is 9.19. The summed E-state index contributed by atoms with van der Waals surface area (Å²) in [5.74, 6) is -1.31. The summed E-state index contributed by atoms with van der Waals surface area (Å²) in [6, 6.07) is 0. The Kier molecular flexibility index (Phi) is 4.59. The minimum absolute atomic E-state index is 0.0490. The molecular formula is C13H18F3IO3. The Hall–Kier alpha value is -0.0500. The molecule has 3 nitrogen and oxygen atoms in total. The number of aliphatic hydroxyl groups is 1. The van der Waals surface area contributed by atoms with Crippen LogP contribution in [0, 0.1) is 17.8 Å². The van der Waals surface area contributed by atoms with Crippen molar-refractivity contribution in [3.63, 3.8) is 0 Å². The van der Waals surface area contributed by atoms with Crippen LogP contribution >= 0.6 is 22.6 Å². The maximum absolute atomic E-state index is 12.9. The van der Waals surface area contributed by atoms with E-state index in [1.807, 2.05) is 29.5 Å². The van der Waals surface area contributed by atoms with Gasteiger partial charge in [0.1, 0.15) is 3.92 Å². The molecule has 0 aliphatic heterocycles. The molecule has 5 atom stereocenters. The van der Waals surface area contributed by atoms with E-state index in [4.69, 9.17) is 4.74 Å². The van der Waals surface area contributed by atoms with Gasteiger partial charge in [0.05, 0.1) is 6.61 Å². The van der Waals surface area contributed by atoms with Crippen LogP contribution in [0.5, 0.6) is 0 Å². The van der Waals surface area contributed by atoms with E-state index in [0.29, 0.717) is 12.8 Å². The molecule has 0 radical (unpaired) electrons. The molecule has 2 aliphatic rings. The molecule has 0 aromatic heterocycles. The highest BCUT2D eigenvalue weighted by atomic mass is 127. The van der Waals surface area contributed by atoms with Gasteiger partial charge in [0, 0.05) is 0 Å². The van der Waals surface area contributed by atoms with Gasteiger partial charge < -0.3 is 9.84 Å². The Morgan fingerprint density at radius 1 is 1.50 bits per heavy atom. The van der Waals surface area contributed by atoms with Crippen LogP contribution in [0.2, 0.25) is 0 Å². The number of halogens is 4. The van der Waals surface area contributed by atoms with Crippen LogP contribution in [0.1, 0.15) is 32.6 Å². The minimum Gasteiger partial charge on any atom is -0.465 e. The molecule has 0 saturated heterocycles. The lowest BCUT2D eigenvalue weighted by Gasteiger charge is -2.36. The van der Waals surface area contributed by atoms with Gasteiger partial charge in [0.15, 0.2) is 5.60 Å². The third-order valence-corrected chi connectivity index (χ3v) is 6.02. The second-order valence-electron chi connectivity index (χ2n) is 5.82. The molecule has 0 aromatic carbocycles. The van der Waals surface area contributed by atoms with E-state index in [-0.39, 0.29) is 41.2 Å². The van der Waals surface area contributed by atoms with Gasteiger partial charge in [-0.3, -0.25) is 4.79 Å². The molecule has 0 aromatic rings. The van der Waals surface area contributed by atoms with E-state index in [9.17, 15) is 23.1 Å². The zero-order valence-electron chi connectivity index (χ0n) is 11.1. The number of alkyl halides is 4. The highest BCUT2D eigenvalue weighted by molar-refractivity contribution is 14.1. The van der Waals surface area contributed by atoms with Crippen molar-refractivity contribution in [3.05, 3.63) is 0 Å². The highest BCUT2D eigenvalue weighted by Gasteiger charge is 2.66. The second-order valence-corrected chi connectivity index (χ2v) is 7.32. The number of rotatable bonds is 4. The monoisotopic (exact) mass is 406 g/mol. The lowest BCUT2D eigenvalue weighted by atomic mass is 9.78. The van der Waals surface area contributed by atoms with E-state index in [2.05, 4.69) is 0 Å². The average Bonchev–Trinajstić information content (AvgIpc) is 2.91. The number of hydrogen-bond acceptors (Lipinski definition) is 3. The smallest absolute Gasteiger partial charge is 0.417 e. The van der Waals surface area contributed by atoms with Crippen LogP contribution in [0.15, 0.2) is 0 Å². The number of fused-ring (bicyclic) bond motifs is 2. The van der Waals surface area contributed by atoms with Crippen LogP contribution in [0.3, 0.4) is 0 Å². The van der Waals surface area contributed by atoms with Crippen LogP contribution < -0.4 is 0 Å². The minimum atomic E-state index is -4.57. The molecular weight excluding hydrogens is 388 g/mol. The third-order valence-electron chi connectivity index (χ3n) is 4.63. The van der Waals surface area contributed by atoms with Crippen molar-refractivity contribution in [2.45, 2.75) is 48.3 Å². The fourth-order valence-electron chi connectivity index (χ4n) is 3.42. The molecule has 2 saturated carbocycles. The summed E-state index contributed by atoms with van der Waals surface area (Å²) in [4.78, 5) is 11.6. The van der Waals surface area contributed by atoms with Gasteiger partial charge in [-0.05, 0) is 43.4 Å². The molecule has 2 bridgehead atoms. The van der Waals surface area contributed by atoms with Crippen molar-refractivity contribution in [3.8, 4) is 0 Å². The van der Waals surface area contributed by atoms with Crippen molar-refractivity contribution in [2.24, 2.45) is 17.8 Å². The lowest BCUT2D eigenvalue weighted by Crippen LogP contribution is -2.50. The van der Waals surface area contributed by atoms with E-state index in [1.54, 1.807) is 0 Å². The summed E-state index contributed by atoms with van der Waals surface area (Å²) >= 11 is 1.99. The van der Waals surface area contributed by atoms with Crippen molar-refractivity contribution >= 4 is 28.6 Å². The number of esters is 1. The quantitative estimate of drug-likeness (QED) is 0.444. The summed E-state index contributed by atoms with van der Waals surface area (Å²) in [6.45, 7) is 2.05. The Balaban J connectivity index is 1.88. The first-order valence-electron chi connectivity index (χ1n) is 6.78. The molecule has 2 fully saturated rings. The summed E-state index contributed by atoms with van der Waals surface area (Å²) in [5, 5.41) is 9.81. The Morgan fingerprint density at radius 3 is 2.60 bits per heavy atom. The number of hydrogen-bond donors (Lipinski definition) is 1. The normalized spacial score (nSPS) is 38.0. The van der Waals surface area contributed by atoms with E-state index in [1.165, 1.54) is 0 Å². The van der Waals surface area contributed by atoms with Crippen LogP contribution in [0.25, 0.3) is 0 Å². The third kappa shape index (κ3) is 2.80. The number of carbonyl (C=O) groups excluding carboxylic acids is 1. The van der Waals surface area contributed by atoms with Gasteiger partial charge in [-0.1, -0.05) is 29.5 Å². The topological polar surface area (TPSA) is 46.5 Å². The van der Waals surface area contributed by atoms with Crippen molar-refractivity contribution in [1.29, 1.82) is 0 Å². The summed E-state index contributed by atoms with van der Waals surface area (Å²) in [7, 11) is 0. The van der Waals surface area contributed by atoms with Gasteiger partial charge in [-0.2, -0.15) is 13.2 Å². The van der Waals surface area contributed by atoms with Crippen LogP contribution in [0.4, 0.5) is 13.2 Å². The maximum atomic E-state index is 12.9. The summed E-state index contributed by atoms with van der Waals surface area (Å²) < 4.78 is 43.5. The lowest BCUT2D eigenvalue weighted by molar-refractivity contribution is -0.279. The van der Waals surface area contributed by atoms with Crippen LogP contribution in [-0.2, 0) is 9.53 Å². The van der Waals surface area contributed by atoms with E-state index < -0.39 is 17.7 Å². The molecule has 5 unspecified atom stereocenters. The standard InChI is InChI=1S/C13H18F3IO3/c1-2-10(17)11(18)20-6-8-4-9-3-7(8)5-12(9,19)13(14,15)16/h7-10,19H,2-6H2,1H3. The Morgan fingerprint density at radius 2 is 2.15 bits per heavy atom. The number of carbonyl (C=O) groups is 1. The van der Waals surface area contributed by atoms with Gasteiger partial charge >= 0.3 is 12.1 Å². The first kappa shape index (κ1) is 16.3. The SMILES string of the molecule is CCC(I)C(=O)OCC1CC2CC1CC2(O)C(F)(F)F. The maximum Gasteiger partial charge on any atom is 0.417 e. The van der Waals surface area contributed by atoms with Crippen LogP contribution in [-0.4, -0.2) is 33.4 Å². The van der Waals surface area contributed by atoms with Gasteiger partial charge in [-0.25, -0.2) is 0 Å². The fourth-order valence-corrected chi connectivity index (χ4v) is 3.60.